The van der Waals surface area contributed by atoms with Crippen LogP contribution in [0, 0.1) is 10.1 Å². The molecular formula is C26H27N3O7S. The molecule has 0 bridgehead atoms. The van der Waals surface area contributed by atoms with Gasteiger partial charge in [-0.05, 0) is 36.1 Å². The van der Waals surface area contributed by atoms with Gasteiger partial charge in [0, 0.05) is 18.7 Å². The molecule has 1 aliphatic rings. The number of nitrogens with one attached hydrogen (secondary N) is 1. The average molecular weight is 526 g/mol. The molecule has 10 nitrogen and oxygen atoms in total. The first-order chi connectivity index (χ1) is 17.7. The molecule has 4 rings (SSSR count). The Labute approximate surface area is 214 Å². The SMILES string of the molecule is O=C(OCc1ccccc1)N1CC[C@@H](O)[C@@H](NS(=O)(=O)c2ccc([N+](=O)[O-])cc2)C1Cc1ccccc1. The van der Waals surface area contributed by atoms with E-state index in [1.165, 1.54) is 4.90 Å². The van der Waals surface area contributed by atoms with Gasteiger partial charge in [0.2, 0.25) is 10.0 Å². The number of rotatable bonds is 8. The number of piperidine rings is 1. The third-order valence-electron chi connectivity index (χ3n) is 6.27. The van der Waals surface area contributed by atoms with Gasteiger partial charge in [0.25, 0.3) is 5.69 Å². The van der Waals surface area contributed by atoms with Crippen molar-refractivity contribution in [1.29, 1.82) is 0 Å². The van der Waals surface area contributed by atoms with Crippen LogP contribution in [-0.4, -0.2) is 54.2 Å². The minimum atomic E-state index is -4.18. The molecule has 37 heavy (non-hydrogen) atoms. The molecule has 1 fully saturated rings. The molecule has 3 aromatic carbocycles. The average Bonchev–Trinajstić information content (AvgIpc) is 2.90. The number of nitro benzene ring substituents is 1. The van der Waals surface area contributed by atoms with Crippen molar-refractivity contribution in [1.82, 2.24) is 9.62 Å². The van der Waals surface area contributed by atoms with Crippen molar-refractivity contribution in [3.8, 4) is 0 Å². The highest BCUT2D eigenvalue weighted by Crippen LogP contribution is 2.26. The fourth-order valence-electron chi connectivity index (χ4n) is 4.34. The first-order valence-electron chi connectivity index (χ1n) is 11.7. The summed E-state index contributed by atoms with van der Waals surface area (Å²) in [4.78, 5) is 24.7. The molecule has 0 saturated carbocycles. The van der Waals surface area contributed by atoms with Gasteiger partial charge in [0.1, 0.15) is 6.61 Å². The number of sulfonamides is 1. The van der Waals surface area contributed by atoms with Crippen LogP contribution >= 0.6 is 0 Å². The number of nitro groups is 1. The molecule has 0 aliphatic carbocycles. The maximum Gasteiger partial charge on any atom is 0.410 e. The lowest BCUT2D eigenvalue weighted by Crippen LogP contribution is -2.63. The monoisotopic (exact) mass is 525 g/mol. The van der Waals surface area contributed by atoms with E-state index in [1.807, 2.05) is 60.7 Å². The molecular weight excluding hydrogens is 498 g/mol. The second-order valence-corrected chi connectivity index (χ2v) is 10.5. The second-order valence-electron chi connectivity index (χ2n) is 8.74. The van der Waals surface area contributed by atoms with E-state index in [1.54, 1.807) is 0 Å². The van der Waals surface area contributed by atoms with E-state index in [-0.39, 0.29) is 36.6 Å². The normalized spacial score (nSPS) is 19.8. The fraction of sp³-hybridized carbons (Fsp3) is 0.269. The van der Waals surface area contributed by atoms with Crippen LogP contribution in [0.3, 0.4) is 0 Å². The van der Waals surface area contributed by atoms with Crippen LogP contribution in [-0.2, 0) is 27.8 Å². The Hall–Kier alpha value is -3.80. The highest BCUT2D eigenvalue weighted by molar-refractivity contribution is 7.89. The van der Waals surface area contributed by atoms with Gasteiger partial charge in [-0.1, -0.05) is 60.7 Å². The molecule has 0 radical (unpaired) electrons. The topological polar surface area (TPSA) is 139 Å². The van der Waals surface area contributed by atoms with Crippen LogP contribution in [0.25, 0.3) is 0 Å². The predicted octanol–water partition coefficient (Wildman–Crippen LogP) is 3.26. The van der Waals surface area contributed by atoms with Crippen LogP contribution in [0.4, 0.5) is 10.5 Å². The minimum Gasteiger partial charge on any atom is -0.445 e. The molecule has 0 aromatic heterocycles. The fourth-order valence-corrected chi connectivity index (χ4v) is 5.64. The summed E-state index contributed by atoms with van der Waals surface area (Å²) >= 11 is 0. The maximum atomic E-state index is 13.2. The molecule has 1 heterocycles. The number of aliphatic hydroxyl groups is 1. The highest BCUT2D eigenvalue weighted by atomic mass is 32.2. The van der Waals surface area contributed by atoms with E-state index in [2.05, 4.69) is 4.72 Å². The first kappa shape index (κ1) is 26.3. The molecule has 1 unspecified atom stereocenters. The van der Waals surface area contributed by atoms with Gasteiger partial charge in [-0.15, -0.1) is 0 Å². The lowest BCUT2D eigenvalue weighted by molar-refractivity contribution is -0.384. The quantitative estimate of drug-likeness (QED) is 0.340. The number of hydrogen-bond acceptors (Lipinski definition) is 7. The van der Waals surface area contributed by atoms with Crippen LogP contribution in [0.5, 0.6) is 0 Å². The number of nitrogens with zero attached hydrogens (tertiary/aromatic N) is 2. The van der Waals surface area contributed by atoms with Gasteiger partial charge in [-0.2, -0.15) is 0 Å². The van der Waals surface area contributed by atoms with Crippen LogP contribution in [0.15, 0.2) is 89.8 Å². The lowest BCUT2D eigenvalue weighted by atomic mass is 9.90. The summed E-state index contributed by atoms with van der Waals surface area (Å²) in [6, 6.07) is 21.1. The Morgan fingerprint density at radius 2 is 1.59 bits per heavy atom. The van der Waals surface area contributed by atoms with Crippen molar-refractivity contribution in [2.45, 2.75) is 42.5 Å². The van der Waals surface area contributed by atoms with E-state index in [0.29, 0.717) is 0 Å². The Morgan fingerprint density at radius 3 is 2.19 bits per heavy atom. The van der Waals surface area contributed by atoms with Crippen molar-refractivity contribution < 1.29 is 28.0 Å². The zero-order valence-corrected chi connectivity index (χ0v) is 20.7. The third-order valence-corrected chi connectivity index (χ3v) is 7.75. The van der Waals surface area contributed by atoms with Gasteiger partial charge < -0.3 is 14.7 Å². The highest BCUT2D eigenvalue weighted by Gasteiger charge is 2.42. The van der Waals surface area contributed by atoms with Crippen molar-refractivity contribution in [2.75, 3.05) is 6.54 Å². The Kier molecular flexibility index (Phi) is 8.17. The van der Waals surface area contributed by atoms with Crippen molar-refractivity contribution in [3.63, 3.8) is 0 Å². The molecule has 3 atom stereocenters. The van der Waals surface area contributed by atoms with E-state index < -0.39 is 39.2 Å². The van der Waals surface area contributed by atoms with Gasteiger partial charge >= 0.3 is 6.09 Å². The summed E-state index contributed by atoms with van der Waals surface area (Å²) in [5.41, 5.74) is 1.41. The summed E-state index contributed by atoms with van der Waals surface area (Å²) in [5, 5.41) is 21.8. The Bertz CT molecular complexity index is 1320. The van der Waals surface area contributed by atoms with Crippen molar-refractivity contribution in [3.05, 3.63) is 106 Å². The Morgan fingerprint density at radius 1 is 1.00 bits per heavy atom. The number of hydrogen-bond donors (Lipinski definition) is 2. The number of aliphatic hydroxyl groups excluding tert-OH is 1. The summed E-state index contributed by atoms with van der Waals surface area (Å²) in [7, 11) is -4.18. The second kappa shape index (κ2) is 11.5. The first-order valence-corrected chi connectivity index (χ1v) is 13.2. The number of amides is 1. The maximum absolute atomic E-state index is 13.2. The summed E-state index contributed by atoms with van der Waals surface area (Å²) in [6.45, 7) is 0.234. The summed E-state index contributed by atoms with van der Waals surface area (Å²) in [5.74, 6) is 0. The number of benzene rings is 3. The largest absolute Gasteiger partial charge is 0.445 e. The summed E-state index contributed by atoms with van der Waals surface area (Å²) < 4.78 is 34.4. The van der Waals surface area contributed by atoms with E-state index in [9.17, 15) is 28.4 Å². The molecule has 1 saturated heterocycles. The molecule has 1 amide bonds. The van der Waals surface area contributed by atoms with E-state index in [0.717, 1.165) is 35.4 Å². The van der Waals surface area contributed by atoms with Crippen LogP contribution in [0.2, 0.25) is 0 Å². The third kappa shape index (κ3) is 6.50. The van der Waals surface area contributed by atoms with Crippen LogP contribution < -0.4 is 4.72 Å². The van der Waals surface area contributed by atoms with Crippen molar-refractivity contribution >= 4 is 21.8 Å². The molecule has 2 N–H and O–H groups in total. The van der Waals surface area contributed by atoms with Gasteiger partial charge in [0.15, 0.2) is 0 Å². The molecule has 194 valence electrons. The van der Waals surface area contributed by atoms with Crippen LogP contribution in [0.1, 0.15) is 17.5 Å². The standard InChI is InChI=1S/C26H27N3O7S/c30-24-15-16-28(26(31)36-18-20-9-5-2-6-10-20)23(17-19-7-3-1-4-8-19)25(24)27-37(34,35)22-13-11-21(12-14-22)29(32)33/h1-14,23-25,27,30H,15-18H2/t23?,24-,25+/m1/s1. The lowest BCUT2D eigenvalue weighted by Gasteiger charge is -2.43. The number of carbonyl (C=O) groups is 1. The number of carbonyl (C=O) groups excluding carboxylic acids is 1. The molecule has 1 aliphatic heterocycles. The number of ether oxygens (including phenoxy) is 1. The molecule has 11 heteroatoms. The van der Waals surface area contributed by atoms with E-state index >= 15 is 0 Å². The molecule has 0 spiro atoms. The van der Waals surface area contributed by atoms with Crippen molar-refractivity contribution in [2.24, 2.45) is 0 Å². The number of non-ortho nitro benzene ring substituents is 1. The predicted molar refractivity (Wildman–Crippen MR) is 135 cm³/mol. The zero-order valence-electron chi connectivity index (χ0n) is 19.8. The van der Waals surface area contributed by atoms with E-state index in [4.69, 9.17) is 4.74 Å². The van der Waals surface area contributed by atoms with Gasteiger partial charge in [-0.25, -0.2) is 17.9 Å². The summed E-state index contributed by atoms with van der Waals surface area (Å²) in [6.07, 6.45) is -1.28. The molecule has 3 aromatic rings. The zero-order chi connectivity index (χ0) is 26.4. The smallest absolute Gasteiger partial charge is 0.410 e. The minimum absolute atomic E-state index is 0.0516. The Balaban J connectivity index is 1.59. The van der Waals surface area contributed by atoms with Gasteiger partial charge in [0.05, 0.1) is 28.0 Å². The van der Waals surface area contributed by atoms with Gasteiger partial charge in [-0.3, -0.25) is 10.1 Å². The number of likely N-dealkylation sites (tertiary alicyclic amines) is 1.